The van der Waals surface area contributed by atoms with Gasteiger partial charge in [0.1, 0.15) is 0 Å². The van der Waals surface area contributed by atoms with E-state index in [0.29, 0.717) is 19.2 Å². The van der Waals surface area contributed by atoms with Crippen molar-refractivity contribution in [3.8, 4) is 0 Å². The van der Waals surface area contributed by atoms with Crippen molar-refractivity contribution in [2.75, 3.05) is 0 Å². The van der Waals surface area contributed by atoms with Crippen LogP contribution >= 0.6 is 0 Å². The second-order valence-corrected chi connectivity index (χ2v) is 0. The predicted molar refractivity (Wildman–Crippen MR) is 7.42 cm³/mol. The van der Waals surface area contributed by atoms with E-state index in [1.54, 1.807) is 0 Å². The van der Waals surface area contributed by atoms with Gasteiger partial charge in [0.05, 0.1) is 0 Å². The van der Waals surface area contributed by atoms with Gasteiger partial charge in [-0.1, -0.05) is 7.43 Å². The summed E-state index contributed by atoms with van der Waals surface area (Å²) in [6, 6.07) is 0. The van der Waals surface area contributed by atoms with Gasteiger partial charge in [0.15, 0.2) is 0 Å². The molecule has 0 aromatic rings. The summed E-state index contributed by atoms with van der Waals surface area (Å²) < 4.78 is 8.31. The van der Waals surface area contributed by atoms with Gasteiger partial charge in [0.25, 0.3) is 0 Å². The summed E-state index contributed by atoms with van der Waals surface area (Å²) in [5.41, 5.74) is 0. The fourth-order valence-electron chi connectivity index (χ4n) is 0. The van der Waals surface area contributed by atoms with E-state index in [-0.39, 0.29) is 23.9 Å². The van der Waals surface area contributed by atoms with Crippen LogP contribution in [0.4, 0.5) is 0 Å². The normalized spacial score (nSPS) is 1.00. The van der Waals surface area contributed by atoms with E-state index in [1.165, 1.54) is 0 Å². The first kappa shape index (κ1) is 20.3. The van der Waals surface area contributed by atoms with Crippen molar-refractivity contribution in [2.45, 2.75) is 7.43 Å². The number of rotatable bonds is 0. The Morgan fingerprint density at radius 3 is 1.25 bits per heavy atom. The molecule has 0 aliphatic rings. The molecule has 31 valence electrons. The molecule has 0 amide bonds. The van der Waals surface area contributed by atoms with Crippen LogP contribution in [0.1, 0.15) is 7.43 Å². The van der Waals surface area contributed by atoms with Crippen molar-refractivity contribution >= 4 is 0 Å². The summed E-state index contributed by atoms with van der Waals surface area (Å²) in [4.78, 5) is 0. The second-order valence-electron chi connectivity index (χ2n) is 0. The van der Waals surface area contributed by atoms with Crippen molar-refractivity contribution in [3.05, 3.63) is 0 Å². The zero-order valence-electron chi connectivity index (χ0n) is 1.10. The van der Waals surface area contributed by atoms with Crippen molar-refractivity contribution < 1.29 is 39.1 Å². The molecule has 0 fully saturated rings. The molecule has 0 unspecified atom stereocenters. The van der Waals surface area contributed by atoms with Crippen molar-refractivity contribution in [1.29, 1.82) is 0 Å². The van der Waals surface area contributed by atoms with Crippen molar-refractivity contribution in [3.63, 3.8) is 0 Å². The molecule has 0 aliphatic heterocycles. The van der Waals surface area contributed by atoms with E-state index in [9.17, 15) is 0 Å². The number of hydrogen-bond acceptors (Lipinski definition) is 1. The standard InChI is InChI=1S/CH4.Ni.O.Re/h1H4;;;. The van der Waals surface area contributed by atoms with E-state index in [2.05, 4.69) is 0 Å². The Morgan fingerprint density at radius 2 is 1.25 bits per heavy atom. The Bertz CT molecular complexity index is 8.00. The molecule has 0 N–H and O–H groups in total. The van der Waals surface area contributed by atoms with E-state index in [1.807, 2.05) is 0 Å². The molecule has 0 aromatic heterocycles. The van der Waals surface area contributed by atoms with Crippen molar-refractivity contribution in [2.24, 2.45) is 0 Å². The molecule has 0 saturated carbocycles. The van der Waals surface area contributed by atoms with Crippen LogP contribution in [0.15, 0.2) is 0 Å². The molecule has 0 atom stereocenters. The second kappa shape index (κ2) is 37.8. The molecule has 0 heterocycles. The third-order valence-corrected chi connectivity index (χ3v) is 0. The maximum atomic E-state index is 8.31. The van der Waals surface area contributed by atoms with Crippen LogP contribution in [0.3, 0.4) is 0 Å². The zero-order valence-corrected chi connectivity index (χ0v) is 4.81. The summed E-state index contributed by atoms with van der Waals surface area (Å²) >= 11 is 0.472. The van der Waals surface area contributed by atoms with Gasteiger partial charge in [-0.3, -0.25) is 0 Å². The molecule has 0 bridgehead atoms. The quantitative estimate of drug-likeness (QED) is 0.590. The first-order valence-corrected chi connectivity index (χ1v) is 1.26. The minimum absolute atomic E-state index is 0. The molecular weight excluding hydrogens is 273 g/mol. The van der Waals surface area contributed by atoms with E-state index < -0.39 is 0 Å². The fourth-order valence-corrected chi connectivity index (χ4v) is 0. The first-order chi connectivity index (χ1) is 1.00. The van der Waals surface area contributed by atoms with Crippen LogP contribution in [0.2, 0.25) is 0 Å². The molecule has 0 aliphatic carbocycles. The predicted octanol–water partition coefficient (Wildman–Crippen LogP) is 0.512. The van der Waals surface area contributed by atoms with Gasteiger partial charge in [-0.15, -0.1) is 0 Å². The van der Waals surface area contributed by atoms with Crippen LogP contribution in [-0.2, 0) is 39.1 Å². The van der Waals surface area contributed by atoms with Gasteiger partial charge < -0.3 is 0 Å². The van der Waals surface area contributed by atoms with Crippen LogP contribution in [0, 0.1) is 0 Å². The van der Waals surface area contributed by atoms with Crippen LogP contribution in [0.25, 0.3) is 0 Å². The molecule has 1 nitrogen and oxygen atoms in total. The average Bonchev–Trinajstić information content (AvgIpc) is 1.00. The van der Waals surface area contributed by atoms with E-state index in [4.69, 9.17) is 3.47 Å². The summed E-state index contributed by atoms with van der Waals surface area (Å²) in [7, 11) is 0. The van der Waals surface area contributed by atoms with Crippen LogP contribution in [0.5, 0.6) is 0 Å². The summed E-state index contributed by atoms with van der Waals surface area (Å²) in [6.45, 7) is 0. The van der Waals surface area contributed by atoms with Gasteiger partial charge >= 0.3 is 22.6 Å². The Balaban J connectivity index is -0.00000000500. The Kier molecular flexibility index (Phi) is 192. The Labute approximate surface area is 46.8 Å². The van der Waals surface area contributed by atoms with Gasteiger partial charge in [0.2, 0.25) is 0 Å². The SMILES string of the molecule is C.[Ni].[O]=[Re]. The van der Waals surface area contributed by atoms with Gasteiger partial charge in [-0.2, -0.15) is 0 Å². The molecule has 3 heteroatoms. The third kappa shape index (κ3) is 12.4. The Hall–Kier alpha value is 0.956. The topological polar surface area (TPSA) is 17.1 Å². The van der Waals surface area contributed by atoms with E-state index >= 15 is 0 Å². The number of hydrogen-bond donors (Lipinski definition) is 0. The first-order valence-electron chi connectivity index (χ1n) is 0.154. The molecule has 0 aromatic carbocycles. The molecule has 0 spiro atoms. The maximum absolute atomic E-state index is 8.31. The molecule has 0 rings (SSSR count). The average molecular weight is 277 g/mol. The van der Waals surface area contributed by atoms with Gasteiger partial charge in [-0.25, -0.2) is 0 Å². The molecule has 4 heavy (non-hydrogen) atoms. The third-order valence-electron chi connectivity index (χ3n) is 0. The van der Waals surface area contributed by atoms with Gasteiger partial charge in [-0.05, 0) is 0 Å². The Morgan fingerprint density at radius 1 is 1.25 bits per heavy atom. The van der Waals surface area contributed by atoms with Crippen LogP contribution < -0.4 is 0 Å². The van der Waals surface area contributed by atoms with Crippen LogP contribution in [-0.4, -0.2) is 0 Å². The molecule has 0 saturated heterocycles. The fraction of sp³-hybridized carbons (Fsp3) is 1.00. The van der Waals surface area contributed by atoms with Gasteiger partial charge in [0, 0.05) is 16.5 Å². The monoisotopic (exact) mass is 277 g/mol. The summed E-state index contributed by atoms with van der Waals surface area (Å²) in [6.07, 6.45) is 0. The summed E-state index contributed by atoms with van der Waals surface area (Å²) in [5.74, 6) is 0. The van der Waals surface area contributed by atoms with Crippen molar-refractivity contribution in [1.82, 2.24) is 0 Å². The molecule has 0 radical (unpaired) electrons. The minimum atomic E-state index is 0. The molecular formula is CH4NiORe. The zero-order chi connectivity index (χ0) is 2.00. The van der Waals surface area contributed by atoms with E-state index in [0.717, 1.165) is 0 Å². The summed E-state index contributed by atoms with van der Waals surface area (Å²) in [5, 5.41) is 0.